The van der Waals surface area contributed by atoms with Crippen molar-refractivity contribution in [2.75, 3.05) is 4.90 Å². The average Bonchev–Trinajstić information content (AvgIpc) is 3.20. The second-order valence-corrected chi connectivity index (χ2v) is 5.93. The quantitative estimate of drug-likeness (QED) is 0.871. The minimum absolute atomic E-state index is 0.0630. The van der Waals surface area contributed by atoms with Crippen LogP contribution >= 0.6 is 11.3 Å². The molecular weight excluding hydrogens is 284 g/mol. The van der Waals surface area contributed by atoms with Gasteiger partial charge >= 0.3 is 0 Å². The molecule has 0 spiro atoms. The van der Waals surface area contributed by atoms with Crippen molar-refractivity contribution in [3.05, 3.63) is 35.4 Å². The molecule has 0 N–H and O–H groups in total. The van der Waals surface area contributed by atoms with Gasteiger partial charge in [0, 0.05) is 30.7 Å². The third-order valence-corrected chi connectivity index (χ3v) is 4.16. The molecule has 0 saturated heterocycles. The Kier molecular flexibility index (Phi) is 3.79. The van der Waals surface area contributed by atoms with Crippen molar-refractivity contribution in [2.45, 2.75) is 32.7 Å². The molecule has 0 unspecified atom stereocenters. The zero-order chi connectivity index (χ0) is 14.8. The molecule has 3 rings (SSSR count). The SMILES string of the molecule is CC(=O)N(c1nc(/C=C(\C)c2cnccn2)cs1)C1CC1. The molecule has 0 radical (unpaired) electrons. The van der Waals surface area contributed by atoms with Crippen LogP contribution in [0.4, 0.5) is 5.13 Å². The van der Waals surface area contributed by atoms with Crippen molar-refractivity contribution < 1.29 is 4.79 Å². The van der Waals surface area contributed by atoms with E-state index in [-0.39, 0.29) is 5.91 Å². The maximum absolute atomic E-state index is 11.7. The Labute approximate surface area is 127 Å². The van der Waals surface area contributed by atoms with Gasteiger partial charge in [0.25, 0.3) is 0 Å². The summed E-state index contributed by atoms with van der Waals surface area (Å²) in [5.41, 5.74) is 2.68. The van der Waals surface area contributed by atoms with Crippen LogP contribution in [0, 0.1) is 0 Å². The Hall–Kier alpha value is -2.08. The maximum Gasteiger partial charge on any atom is 0.225 e. The van der Waals surface area contributed by atoms with Gasteiger partial charge in [0.1, 0.15) is 0 Å². The first-order valence-corrected chi connectivity index (χ1v) is 7.73. The fourth-order valence-electron chi connectivity index (χ4n) is 2.13. The second-order valence-electron chi connectivity index (χ2n) is 5.09. The summed E-state index contributed by atoms with van der Waals surface area (Å²) >= 11 is 1.50. The van der Waals surface area contributed by atoms with E-state index < -0.39 is 0 Å². The Balaban J connectivity index is 1.83. The van der Waals surface area contributed by atoms with Crippen LogP contribution in [0.3, 0.4) is 0 Å². The first kappa shape index (κ1) is 13.9. The number of rotatable bonds is 4. The Morgan fingerprint density at radius 3 is 2.81 bits per heavy atom. The highest BCUT2D eigenvalue weighted by molar-refractivity contribution is 7.14. The zero-order valence-electron chi connectivity index (χ0n) is 12.0. The number of hydrogen-bond acceptors (Lipinski definition) is 5. The molecule has 2 aromatic heterocycles. The molecule has 1 amide bonds. The molecular formula is C15H16N4OS. The van der Waals surface area contributed by atoms with Gasteiger partial charge < -0.3 is 0 Å². The lowest BCUT2D eigenvalue weighted by Crippen LogP contribution is -2.30. The van der Waals surface area contributed by atoms with Crippen LogP contribution in [0.1, 0.15) is 38.1 Å². The topological polar surface area (TPSA) is 59.0 Å². The minimum atomic E-state index is 0.0630. The van der Waals surface area contributed by atoms with Gasteiger partial charge in [-0.05, 0) is 31.4 Å². The second kappa shape index (κ2) is 5.73. The van der Waals surface area contributed by atoms with Gasteiger partial charge in [-0.2, -0.15) is 0 Å². The normalized spacial score (nSPS) is 15.0. The van der Waals surface area contributed by atoms with Gasteiger partial charge in [-0.15, -0.1) is 11.3 Å². The molecule has 2 aromatic rings. The van der Waals surface area contributed by atoms with E-state index in [1.807, 2.05) is 18.4 Å². The molecule has 2 heterocycles. The van der Waals surface area contributed by atoms with Gasteiger partial charge in [0.2, 0.25) is 5.91 Å². The highest BCUT2D eigenvalue weighted by Crippen LogP contribution is 2.34. The Bertz CT molecular complexity index is 676. The van der Waals surface area contributed by atoms with E-state index >= 15 is 0 Å². The summed E-state index contributed by atoms with van der Waals surface area (Å²) in [7, 11) is 0. The van der Waals surface area contributed by atoms with Crippen molar-refractivity contribution in [1.29, 1.82) is 0 Å². The first-order valence-electron chi connectivity index (χ1n) is 6.85. The number of allylic oxidation sites excluding steroid dienone is 1. The number of hydrogen-bond donors (Lipinski definition) is 0. The van der Waals surface area contributed by atoms with Gasteiger partial charge in [-0.25, -0.2) is 4.98 Å². The summed E-state index contributed by atoms with van der Waals surface area (Å²) in [4.78, 5) is 26.4. The van der Waals surface area contributed by atoms with Crippen molar-refractivity contribution in [1.82, 2.24) is 15.0 Å². The van der Waals surface area contributed by atoms with E-state index in [1.165, 1.54) is 11.3 Å². The number of anilines is 1. The fourth-order valence-corrected chi connectivity index (χ4v) is 3.03. The molecule has 1 aliphatic carbocycles. The molecule has 0 atom stereocenters. The summed E-state index contributed by atoms with van der Waals surface area (Å²) in [6.45, 7) is 3.58. The number of aromatic nitrogens is 3. The van der Waals surface area contributed by atoms with Crippen LogP contribution in [0.5, 0.6) is 0 Å². The standard InChI is InChI=1S/C15H16N4OS/c1-10(14-8-16-5-6-17-14)7-12-9-21-15(18-12)19(11(2)20)13-3-4-13/h5-9,13H,3-4H2,1-2H3/b10-7+. The summed E-state index contributed by atoms with van der Waals surface area (Å²) in [6, 6.07) is 0.339. The zero-order valence-corrected chi connectivity index (χ0v) is 12.8. The number of thiazole rings is 1. The molecule has 1 fully saturated rings. The highest BCUT2D eigenvalue weighted by Gasteiger charge is 2.33. The third kappa shape index (κ3) is 3.16. The largest absolute Gasteiger partial charge is 0.285 e. The third-order valence-electron chi connectivity index (χ3n) is 3.30. The predicted molar refractivity (Wildman–Crippen MR) is 83.9 cm³/mol. The Morgan fingerprint density at radius 1 is 1.38 bits per heavy atom. The maximum atomic E-state index is 11.7. The predicted octanol–water partition coefficient (Wildman–Crippen LogP) is 3.01. The number of amides is 1. The van der Waals surface area contributed by atoms with Crippen LogP contribution in [0.25, 0.3) is 11.6 Å². The van der Waals surface area contributed by atoms with E-state index in [9.17, 15) is 4.79 Å². The average molecular weight is 300 g/mol. The number of carbonyl (C=O) groups excluding carboxylic acids is 1. The van der Waals surface area contributed by atoms with E-state index in [4.69, 9.17) is 0 Å². The highest BCUT2D eigenvalue weighted by atomic mass is 32.1. The number of carbonyl (C=O) groups is 1. The molecule has 1 aliphatic rings. The lowest BCUT2D eigenvalue weighted by atomic mass is 10.2. The molecule has 1 saturated carbocycles. The summed E-state index contributed by atoms with van der Waals surface area (Å²) in [5, 5.41) is 2.75. The molecule has 0 bridgehead atoms. The summed E-state index contributed by atoms with van der Waals surface area (Å²) in [5.74, 6) is 0.0630. The van der Waals surface area contributed by atoms with E-state index in [2.05, 4.69) is 15.0 Å². The van der Waals surface area contributed by atoms with Gasteiger partial charge in [-0.3, -0.25) is 19.7 Å². The van der Waals surface area contributed by atoms with Crippen LogP contribution < -0.4 is 4.90 Å². The molecule has 21 heavy (non-hydrogen) atoms. The van der Waals surface area contributed by atoms with Crippen molar-refractivity contribution in [3.8, 4) is 0 Å². The molecule has 0 aliphatic heterocycles. The molecule has 108 valence electrons. The van der Waals surface area contributed by atoms with Gasteiger partial charge in [-0.1, -0.05) is 0 Å². The van der Waals surface area contributed by atoms with Crippen LogP contribution in [-0.4, -0.2) is 26.9 Å². The molecule has 6 heteroatoms. The van der Waals surface area contributed by atoms with Crippen LogP contribution in [-0.2, 0) is 4.79 Å². The van der Waals surface area contributed by atoms with Crippen molar-refractivity contribution in [2.24, 2.45) is 0 Å². The summed E-state index contributed by atoms with van der Waals surface area (Å²) in [6.07, 6.45) is 9.16. The van der Waals surface area contributed by atoms with E-state index in [0.29, 0.717) is 6.04 Å². The van der Waals surface area contributed by atoms with Crippen molar-refractivity contribution in [3.63, 3.8) is 0 Å². The van der Waals surface area contributed by atoms with Crippen molar-refractivity contribution >= 4 is 34.0 Å². The fraction of sp³-hybridized carbons (Fsp3) is 0.333. The summed E-state index contributed by atoms with van der Waals surface area (Å²) < 4.78 is 0. The Morgan fingerprint density at radius 2 is 2.19 bits per heavy atom. The van der Waals surface area contributed by atoms with Crippen LogP contribution in [0.15, 0.2) is 24.0 Å². The number of nitrogens with zero attached hydrogens (tertiary/aromatic N) is 4. The van der Waals surface area contributed by atoms with Crippen LogP contribution in [0.2, 0.25) is 0 Å². The molecule has 5 nitrogen and oxygen atoms in total. The smallest absolute Gasteiger partial charge is 0.225 e. The lowest BCUT2D eigenvalue weighted by molar-refractivity contribution is -0.116. The van der Waals surface area contributed by atoms with Gasteiger partial charge in [0.05, 0.1) is 17.6 Å². The lowest BCUT2D eigenvalue weighted by Gasteiger charge is -2.16. The van der Waals surface area contributed by atoms with E-state index in [0.717, 1.165) is 34.9 Å². The van der Waals surface area contributed by atoms with Gasteiger partial charge in [0.15, 0.2) is 5.13 Å². The monoisotopic (exact) mass is 300 g/mol. The molecule has 0 aromatic carbocycles. The first-order chi connectivity index (χ1) is 10.1. The minimum Gasteiger partial charge on any atom is -0.285 e. The van der Waals surface area contributed by atoms with E-state index in [1.54, 1.807) is 30.4 Å².